The predicted molar refractivity (Wildman–Crippen MR) is 56.3 cm³/mol. The summed E-state index contributed by atoms with van der Waals surface area (Å²) in [7, 11) is 0. The molecule has 0 aliphatic heterocycles. The van der Waals surface area contributed by atoms with Crippen molar-refractivity contribution in [2.45, 2.75) is 19.0 Å². The third-order valence-corrected chi connectivity index (χ3v) is 1.96. The fourth-order valence-electron chi connectivity index (χ4n) is 1.18. The third-order valence-electron chi connectivity index (χ3n) is 1.96. The van der Waals surface area contributed by atoms with Gasteiger partial charge in [0.25, 0.3) is 0 Å². The number of carbonyl (C=O) groups excluding carboxylic acids is 1. The van der Waals surface area contributed by atoms with Crippen molar-refractivity contribution in [1.82, 2.24) is 10.3 Å². The zero-order valence-electron chi connectivity index (χ0n) is 8.59. The van der Waals surface area contributed by atoms with E-state index in [0.29, 0.717) is 5.69 Å². The van der Waals surface area contributed by atoms with Crippen LogP contribution in [-0.4, -0.2) is 28.0 Å². The summed E-state index contributed by atoms with van der Waals surface area (Å²) in [6.07, 6.45) is 1.38. The number of nitrogens with zero attached hydrogens (tertiary/aromatic N) is 1. The number of aliphatic carboxylic acids is 1. The van der Waals surface area contributed by atoms with Gasteiger partial charge in [0.1, 0.15) is 6.04 Å². The van der Waals surface area contributed by atoms with Gasteiger partial charge in [0.15, 0.2) is 0 Å². The molecule has 0 fully saturated rings. The molecular weight excluding hydrogens is 210 g/mol. The van der Waals surface area contributed by atoms with E-state index in [9.17, 15) is 9.59 Å². The number of carboxylic acids is 1. The largest absolute Gasteiger partial charge is 0.480 e. The van der Waals surface area contributed by atoms with E-state index >= 15 is 0 Å². The van der Waals surface area contributed by atoms with Crippen LogP contribution < -0.4 is 11.1 Å². The van der Waals surface area contributed by atoms with E-state index < -0.39 is 17.9 Å². The first kappa shape index (κ1) is 12.1. The van der Waals surface area contributed by atoms with Crippen molar-refractivity contribution in [1.29, 1.82) is 0 Å². The molecule has 6 nitrogen and oxygen atoms in total. The first-order valence-electron chi connectivity index (χ1n) is 4.74. The lowest BCUT2D eigenvalue weighted by Gasteiger charge is -2.11. The molecule has 0 saturated heterocycles. The normalized spacial score (nSPS) is 12.0. The summed E-state index contributed by atoms with van der Waals surface area (Å²) in [5, 5.41) is 11.5. The van der Waals surface area contributed by atoms with Crippen LogP contribution >= 0.6 is 0 Å². The highest BCUT2D eigenvalue weighted by atomic mass is 16.4. The Morgan fingerprint density at radius 2 is 2.25 bits per heavy atom. The van der Waals surface area contributed by atoms with Crippen molar-refractivity contribution < 1.29 is 14.7 Å². The summed E-state index contributed by atoms with van der Waals surface area (Å²) < 4.78 is 0. The maximum absolute atomic E-state index is 10.8. The van der Waals surface area contributed by atoms with E-state index in [1.165, 1.54) is 0 Å². The monoisotopic (exact) mass is 223 g/mol. The lowest BCUT2D eigenvalue weighted by atomic mass is 10.2. The van der Waals surface area contributed by atoms with Crippen LogP contribution in [0.15, 0.2) is 24.4 Å². The lowest BCUT2D eigenvalue weighted by Crippen LogP contribution is -2.39. The minimum Gasteiger partial charge on any atom is -0.480 e. The molecular formula is C10H13N3O3. The van der Waals surface area contributed by atoms with Gasteiger partial charge >= 0.3 is 5.97 Å². The van der Waals surface area contributed by atoms with Gasteiger partial charge in [-0.05, 0) is 12.1 Å². The van der Waals surface area contributed by atoms with Crippen molar-refractivity contribution in [3.8, 4) is 0 Å². The van der Waals surface area contributed by atoms with Crippen molar-refractivity contribution in [3.63, 3.8) is 0 Å². The van der Waals surface area contributed by atoms with Crippen LogP contribution in [0, 0.1) is 0 Å². The highest BCUT2D eigenvalue weighted by molar-refractivity contribution is 5.83. The number of nitrogens with one attached hydrogen (secondary N) is 1. The van der Waals surface area contributed by atoms with Gasteiger partial charge in [0, 0.05) is 12.7 Å². The first-order chi connectivity index (χ1) is 7.59. The number of nitrogens with two attached hydrogens (primary N) is 1. The maximum Gasteiger partial charge on any atom is 0.321 e. The summed E-state index contributed by atoms with van der Waals surface area (Å²) >= 11 is 0. The smallest absolute Gasteiger partial charge is 0.321 e. The van der Waals surface area contributed by atoms with Crippen LogP contribution in [-0.2, 0) is 16.1 Å². The van der Waals surface area contributed by atoms with Gasteiger partial charge in [0.2, 0.25) is 5.91 Å². The Balaban J connectivity index is 2.50. The number of hydrogen-bond acceptors (Lipinski definition) is 4. The number of rotatable bonds is 6. The van der Waals surface area contributed by atoms with Gasteiger partial charge in [0.05, 0.1) is 12.1 Å². The Morgan fingerprint density at radius 1 is 1.50 bits per heavy atom. The minimum atomic E-state index is -1.10. The minimum absolute atomic E-state index is 0.234. The SMILES string of the molecule is NC(=O)C[C@H](NCc1ccccn1)C(=O)O. The van der Waals surface area contributed by atoms with E-state index in [1.807, 2.05) is 0 Å². The van der Waals surface area contributed by atoms with Crippen molar-refractivity contribution >= 4 is 11.9 Å². The Bertz CT molecular complexity index is 367. The molecule has 1 aromatic rings. The highest BCUT2D eigenvalue weighted by Gasteiger charge is 2.18. The highest BCUT2D eigenvalue weighted by Crippen LogP contribution is 1.96. The molecule has 0 saturated carbocycles. The van der Waals surface area contributed by atoms with E-state index in [2.05, 4.69) is 10.3 Å². The number of hydrogen-bond donors (Lipinski definition) is 3. The standard InChI is InChI=1S/C10H13N3O3/c11-9(14)5-8(10(15)16)13-6-7-3-1-2-4-12-7/h1-4,8,13H,5-6H2,(H2,11,14)(H,15,16)/t8-/m0/s1. The second kappa shape index (κ2) is 5.82. The Kier molecular flexibility index (Phi) is 4.41. The average Bonchev–Trinajstić information content (AvgIpc) is 2.25. The van der Waals surface area contributed by atoms with E-state index in [1.54, 1.807) is 24.4 Å². The van der Waals surface area contributed by atoms with E-state index in [0.717, 1.165) is 0 Å². The van der Waals surface area contributed by atoms with E-state index in [4.69, 9.17) is 10.8 Å². The van der Waals surface area contributed by atoms with Crippen molar-refractivity contribution in [2.75, 3.05) is 0 Å². The number of aromatic nitrogens is 1. The van der Waals surface area contributed by atoms with Gasteiger partial charge in [-0.3, -0.25) is 19.9 Å². The molecule has 1 aromatic heterocycles. The van der Waals surface area contributed by atoms with Gasteiger partial charge in [-0.1, -0.05) is 6.07 Å². The molecule has 0 radical (unpaired) electrons. The lowest BCUT2D eigenvalue weighted by molar-refractivity contribution is -0.141. The third kappa shape index (κ3) is 4.05. The number of pyridine rings is 1. The Labute approximate surface area is 92.5 Å². The quantitative estimate of drug-likeness (QED) is 0.603. The molecule has 0 unspecified atom stereocenters. The first-order valence-corrected chi connectivity index (χ1v) is 4.74. The maximum atomic E-state index is 10.8. The molecule has 0 aliphatic carbocycles. The van der Waals surface area contributed by atoms with E-state index in [-0.39, 0.29) is 13.0 Å². The second-order valence-electron chi connectivity index (χ2n) is 3.26. The average molecular weight is 223 g/mol. The fraction of sp³-hybridized carbons (Fsp3) is 0.300. The van der Waals surface area contributed by atoms with Gasteiger partial charge in [-0.15, -0.1) is 0 Å². The van der Waals surface area contributed by atoms with Crippen LogP contribution in [0.25, 0.3) is 0 Å². The molecule has 1 amide bonds. The summed E-state index contributed by atoms with van der Waals surface area (Å²) in [5.74, 6) is -1.75. The summed E-state index contributed by atoms with van der Waals surface area (Å²) in [5.41, 5.74) is 5.65. The van der Waals surface area contributed by atoms with Gasteiger partial charge in [-0.25, -0.2) is 0 Å². The second-order valence-corrected chi connectivity index (χ2v) is 3.26. The summed E-state index contributed by atoms with van der Waals surface area (Å²) in [6, 6.07) is 4.35. The number of carboxylic acid groups (broad SMARTS) is 1. The van der Waals surface area contributed by atoms with Crippen molar-refractivity contribution in [3.05, 3.63) is 30.1 Å². The van der Waals surface area contributed by atoms with Crippen molar-refractivity contribution in [2.24, 2.45) is 5.73 Å². The molecule has 4 N–H and O–H groups in total. The molecule has 1 heterocycles. The molecule has 86 valence electrons. The van der Waals surface area contributed by atoms with Gasteiger partial charge in [-0.2, -0.15) is 0 Å². The number of amides is 1. The van der Waals surface area contributed by atoms with Crippen LogP contribution in [0.3, 0.4) is 0 Å². The Morgan fingerprint density at radius 3 is 2.75 bits per heavy atom. The summed E-state index contributed by atoms with van der Waals surface area (Å²) in [6.45, 7) is 0.283. The van der Waals surface area contributed by atoms with Gasteiger partial charge < -0.3 is 10.8 Å². The molecule has 16 heavy (non-hydrogen) atoms. The molecule has 1 atom stereocenters. The molecule has 0 aromatic carbocycles. The molecule has 0 spiro atoms. The molecule has 0 bridgehead atoms. The molecule has 1 rings (SSSR count). The van der Waals surface area contributed by atoms with Crippen LogP contribution in [0.1, 0.15) is 12.1 Å². The Hall–Kier alpha value is -1.95. The van der Waals surface area contributed by atoms with Crippen LogP contribution in [0.2, 0.25) is 0 Å². The molecule has 6 heteroatoms. The van der Waals surface area contributed by atoms with Crippen LogP contribution in [0.4, 0.5) is 0 Å². The number of carbonyl (C=O) groups is 2. The van der Waals surface area contributed by atoms with Crippen LogP contribution in [0.5, 0.6) is 0 Å². The molecule has 0 aliphatic rings. The predicted octanol–water partition coefficient (Wildman–Crippen LogP) is -0.500. The fourth-order valence-corrected chi connectivity index (χ4v) is 1.18. The zero-order valence-corrected chi connectivity index (χ0v) is 8.59. The number of primary amides is 1. The zero-order chi connectivity index (χ0) is 12.0. The topological polar surface area (TPSA) is 105 Å². The summed E-state index contributed by atoms with van der Waals surface area (Å²) in [4.78, 5) is 25.4.